The number of amides is 1. The van der Waals surface area contributed by atoms with Crippen molar-refractivity contribution in [1.82, 2.24) is 0 Å². The van der Waals surface area contributed by atoms with Crippen LogP contribution in [-0.2, 0) is 24.3 Å². The molecule has 1 N–H and O–H groups in total. The Hall–Kier alpha value is -4.09. The van der Waals surface area contributed by atoms with Gasteiger partial charge in [0, 0.05) is 5.02 Å². The Bertz CT molecular complexity index is 1470. The van der Waals surface area contributed by atoms with E-state index in [9.17, 15) is 22.8 Å². The first-order valence-corrected chi connectivity index (χ1v) is 12.6. The fourth-order valence-electron chi connectivity index (χ4n) is 3.69. The lowest BCUT2D eigenvalue weighted by Crippen LogP contribution is -2.48. The van der Waals surface area contributed by atoms with Crippen molar-refractivity contribution in [2.45, 2.75) is 11.0 Å². The van der Waals surface area contributed by atoms with E-state index in [1.54, 1.807) is 18.2 Å². The summed E-state index contributed by atoms with van der Waals surface area (Å²) in [5, 5.41) is 2.92. The van der Waals surface area contributed by atoms with Crippen molar-refractivity contribution in [2.75, 3.05) is 30.4 Å². The van der Waals surface area contributed by atoms with Gasteiger partial charge in [-0.1, -0.05) is 23.7 Å². The summed E-state index contributed by atoms with van der Waals surface area (Å²) < 4.78 is 43.4. The highest BCUT2D eigenvalue weighted by Crippen LogP contribution is 2.37. The van der Waals surface area contributed by atoms with Crippen LogP contribution in [0.4, 0.5) is 11.4 Å². The van der Waals surface area contributed by atoms with E-state index in [0.717, 1.165) is 4.31 Å². The van der Waals surface area contributed by atoms with Gasteiger partial charge in [-0.25, -0.2) is 18.0 Å². The van der Waals surface area contributed by atoms with Crippen LogP contribution in [0.1, 0.15) is 20.7 Å². The van der Waals surface area contributed by atoms with Gasteiger partial charge < -0.3 is 19.5 Å². The second-order valence-corrected chi connectivity index (χ2v) is 10.1. The Morgan fingerprint density at radius 1 is 0.973 bits per heavy atom. The molecule has 192 valence electrons. The molecule has 0 radical (unpaired) electrons. The van der Waals surface area contributed by atoms with Gasteiger partial charge in [0.15, 0.2) is 6.10 Å². The number of anilines is 2. The fourth-order valence-corrected chi connectivity index (χ4v) is 5.30. The number of carbonyl (C=O) groups is 3. The molecule has 0 bridgehead atoms. The molecule has 0 saturated carbocycles. The average molecular weight is 545 g/mol. The van der Waals surface area contributed by atoms with Gasteiger partial charge in [0.25, 0.3) is 15.9 Å². The molecule has 37 heavy (non-hydrogen) atoms. The molecule has 10 nitrogen and oxygen atoms in total. The Labute approximate surface area is 217 Å². The monoisotopic (exact) mass is 544 g/mol. The number of hydrogen-bond donors (Lipinski definition) is 1. The first kappa shape index (κ1) is 26.0. The van der Waals surface area contributed by atoms with Crippen LogP contribution < -0.4 is 14.4 Å². The van der Waals surface area contributed by atoms with E-state index >= 15 is 0 Å². The maximum Gasteiger partial charge on any atom is 0.339 e. The number of hydrogen-bond acceptors (Lipinski definition) is 8. The number of halogens is 1. The van der Waals surface area contributed by atoms with E-state index in [-0.39, 0.29) is 39.7 Å². The molecule has 1 aliphatic heterocycles. The second kappa shape index (κ2) is 10.5. The Morgan fingerprint density at radius 3 is 2.32 bits per heavy atom. The molecule has 0 aromatic heterocycles. The zero-order chi connectivity index (χ0) is 26.7. The van der Waals surface area contributed by atoms with Gasteiger partial charge in [-0.05, 0) is 54.6 Å². The molecule has 1 atom stereocenters. The van der Waals surface area contributed by atoms with Gasteiger partial charge in [0.1, 0.15) is 5.75 Å². The molecular weight excluding hydrogens is 524 g/mol. The van der Waals surface area contributed by atoms with Crippen molar-refractivity contribution in [3.63, 3.8) is 0 Å². The lowest BCUT2D eigenvalue weighted by atomic mass is 10.1. The average Bonchev–Trinajstić information content (AvgIpc) is 2.91. The number of methoxy groups -OCH3 is 2. The molecule has 0 spiro atoms. The number of fused-ring (bicyclic) bond motifs is 1. The van der Waals surface area contributed by atoms with Crippen molar-refractivity contribution >= 4 is 50.8 Å². The quantitative estimate of drug-likeness (QED) is 0.467. The summed E-state index contributed by atoms with van der Waals surface area (Å²) in [4.78, 5) is 37.5. The third-order valence-corrected chi connectivity index (χ3v) is 7.58. The maximum absolute atomic E-state index is 13.5. The van der Waals surface area contributed by atoms with E-state index in [1.807, 2.05) is 0 Å². The highest BCUT2D eigenvalue weighted by atomic mass is 35.5. The van der Waals surface area contributed by atoms with E-state index in [0.29, 0.717) is 5.02 Å². The SMILES string of the molecule is COC(=O)c1ccc(C(=O)OC)c(NC(=O)[C@@H]2CN(S(=O)(=O)c3ccc(Cl)cc3)c3ccccc3O2)c1. The lowest BCUT2D eigenvalue weighted by molar-refractivity contribution is -0.122. The number of ether oxygens (including phenoxy) is 3. The van der Waals surface area contributed by atoms with Crippen LogP contribution in [0, 0.1) is 0 Å². The van der Waals surface area contributed by atoms with E-state index in [1.165, 1.54) is 62.8 Å². The van der Waals surface area contributed by atoms with E-state index in [2.05, 4.69) is 5.32 Å². The summed E-state index contributed by atoms with van der Waals surface area (Å²) in [5.74, 6) is -2.02. The third kappa shape index (κ3) is 5.23. The fraction of sp³-hybridized carbons (Fsp3) is 0.160. The predicted octanol–water partition coefficient (Wildman–Crippen LogP) is 3.51. The first-order valence-electron chi connectivity index (χ1n) is 10.8. The number of carbonyl (C=O) groups excluding carboxylic acids is 3. The van der Waals surface area contributed by atoms with Gasteiger partial charge in [-0.15, -0.1) is 0 Å². The lowest BCUT2D eigenvalue weighted by Gasteiger charge is -2.34. The van der Waals surface area contributed by atoms with Gasteiger partial charge in [0.2, 0.25) is 0 Å². The highest BCUT2D eigenvalue weighted by Gasteiger charge is 2.38. The van der Waals surface area contributed by atoms with Gasteiger partial charge in [-0.2, -0.15) is 0 Å². The van der Waals surface area contributed by atoms with Crippen molar-refractivity contribution in [3.8, 4) is 5.75 Å². The van der Waals surface area contributed by atoms with Crippen LogP contribution in [0.3, 0.4) is 0 Å². The smallest absolute Gasteiger partial charge is 0.339 e. The molecule has 3 aromatic carbocycles. The second-order valence-electron chi connectivity index (χ2n) is 7.80. The molecule has 0 aliphatic carbocycles. The molecule has 4 rings (SSSR count). The zero-order valence-corrected chi connectivity index (χ0v) is 21.2. The van der Waals surface area contributed by atoms with Crippen LogP contribution in [0.25, 0.3) is 0 Å². The highest BCUT2D eigenvalue weighted by molar-refractivity contribution is 7.92. The van der Waals surface area contributed by atoms with Crippen LogP contribution >= 0.6 is 11.6 Å². The molecule has 0 unspecified atom stereocenters. The molecule has 1 amide bonds. The zero-order valence-electron chi connectivity index (χ0n) is 19.6. The minimum Gasteiger partial charge on any atom is -0.476 e. The largest absolute Gasteiger partial charge is 0.476 e. The number of esters is 2. The standard InChI is InChI=1S/C25H21ClN2O8S/c1-34-24(30)15-7-12-18(25(31)35-2)19(13-15)27-23(29)22-14-28(20-5-3-4-6-21(20)36-22)37(32,33)17-10-8-16(26)9-11-17/h3-13,22H,14H2,1-2H3,(H,27,29)/t22-/m0/s1. The van der Waals surface area contributed by atoms with E-state index < -0.39 is 34.0 Å². The van der Waals surface area contributed by atoms with Crippen molar-refractivity contribution < 1.29 is 37.0 Å². The topological polar surface area (TPSA) is 128 Å². The molecule has 3 aromatic rings. The number of sulfonamides is 1. The van der Waals surface area contributed by atoms with Crippen molar-refractivity contribution in [3.05, 3.63) is 82.9 Å². The normalized spacial score (nSPS) is 14.7. The number of nitrogens with zero attached hydrogens (tertiary/aromatic N) is 1. The van der Waals surface area contributed by atoms with Crippen LogP contribution in [0.5, 0.6) is 5.75 Å². The molecule has 0 saturated heterocycles. The van der Waals surface area contributed by atoms with E-state index in [4.69, 9.17) is 25.8 Å². The third-order valence-electron chi connectivity index (χ3n) is 5.53. The molecule has 1 aliphatic rings. The summed E-state index contributed by atoms with van der Waals surface area (Å²) >= 11 is 5.91. The Balaban J connectivity index is 1.69. The Kier molecular flexibility index (Phi) is 7.37. The minimum atomic E-state index is -4.10. The maximum atomic E-state index is 13.5. The summed E-state index contributed by atoms with van der Waals surface area (Å²) in [6.07, 6.45) is -1.30. The molecular formula is C25H21ClN2O8S. The first-order chi connectivity index (χ1) is 17.6. The number of nitrogens with one attached hydrogen (secondary N) is 1. The Morgan fingerprint density at radius 2 is 1.65 bits per heavy atom. The number of benzene rings is 3. The summed E-state index contributed by atoms with van der Waals surface area (Å²) in [7, 11) is -1.74. The summed E-state index contributed by atoms with van der Waals surface area (Å²) in [6.45, 7) is -0.363. The minimum absolute atomic E-state index is 0.0217. The summed E-state index contributed by atoms with van der Waals surface area (Å²) in [6, 6.07) is 15.9. The van der Waals surface area contributed by atoms with Gasteiger partial charge >= 0.3 is 11.9 Å². The molecule has 12 heteroatoms. The molecule has 0 fully saturated rings. The van der Waals surface area contributed by atoms with Crippen LogP contribution in [0.2, 0.25) is 5.02 Å². The predicted molar refractivity (Wildman–Crippen MR) is 135 cm³/mol. The summed E-state index contributed by atoms with van der Waals surface area (Å²) in [5.41, 5.74) is 0.274. The van der Waals surface area contributed by atoms with Gasteiger partial charge in [0.05, 0.1) is 48.2 Å². The van der Waals surface area contributed by atoms with Crippen LogP contribution in [-0.4, -0.2) is 53.1 Å². The van der Waals surface area contributed by atoms with Crippen LogP contribution in [0.15, 0.2) is 71.6 Å². The number of rotatable bonds is 6. The van der Waals surface area contributed by atoms with Gasteiger partial charge in [-0.3, -0.25) is 9.10 Å². The number of para-hydroxylation sites is 2. The van der Waals surface area contributed by atoms with Crippen molar-refractivity contribution in [2.24, 2.45) is 0 Å². The molecule has 1 heterocycles. The van der Waals surface area contributed by atoms with Crippen molar-refractivity contribution in [1.29, 1.82) is 0 Å².